The SMILES string of the molecule is CCCNCCn1nc(C)c(S(=O)(=O)N(C)C)c1C. The highest BCUT2D eigenvalue weighted by molar-refractivity contribution is 7.89. The number of hydrogen-bond acceptors (Lipinski definition) is 4. The monoisotopic (exact) mass is 288 g/mol. The molecule has 0 saturated heterocycles. The van der Waals surface area contributed by atoms with E-state index in [0.717, 1.165) is 19.5 Å². The van der Waals surface area contributed by atoms with E-state index in [4.69, 9.17) is 0 Å². The highest BCUT2D eigenvalue weighted by Gasteiger charge is 2.26. The second-order valence-corrected chi connectivity index (χ2v) is 6.85. The van der Waals surface area contributed by atoms with Gasteiger partial charge in [-0.05, 0) is 26.8 Å². The van der Waals surface area contributed by atoms with Crippen molar-refractivity contribution in [1.29, 1.82) is 0 Å². The third-order valence-corrected chi connectivity index (χ3v) is 5.05. The van der Waals surface area contributed by atoms with Gasteiger partial charge in [0.1, 0.15) is 4.90 Å². The summed E-state index contributed by atoms with van der Waals surface area (Å²) in [5.41, 5.74) is 1.26. The van der Waals surface area contributed by atoms with Crippen LogP contribution in [0.5, 0.6) is 0 Å². The number of rotatable bonds is 7. The summed E-state index contributed by atoms with van der Waals surface area (Å²) in [5.74, 6) is 0. The van der Waals surface area contributed by atoms with Crippen molar-refractivity contribution in [2.75, 3.05) is 27.2 Å². The van der Waals surface area contributed by atoms with Crippen LogP contribution in [-0.2, 0) is 16.6 Å². The van der Waals surface area contributed by atoms with Crippen LogP contribution in [0.3, 0.4) is 0 Å². The third-order valence-electron chi connectivity index (χ3n) is 2.98. The fourth-order valence-electron chi connectivity index (χ4n) is 1.94. The quantitative estimate of drug-likeness (QED) is 0.752. The van der Waals surface area contributed by atoms with E-state index in [2.05, 4.69) is 17.3 Å². The molecule has 0 fully saturated rings. The Morgan fingerprint density at radius 3 is 2.42 bits per heavy atom. The first-order valence-corrected chi connectivity index (χ1v) is 7.93. The van der Waals surface area contributed by atoms with Crippen molar-refractivity contribution in [3.05, 3.63) is 11.4 Å². The van der Waals surface area contributed by atoms with Gasteiger partial charge in [-0.1, -0.05) is 6.92 Å². The molecule has 19 heavy (non-hydrogen) atoms. The Kier molecular flexibility index (Phi) is 5.51. The number of nitrogens with zero attached hydrogens (tertiary/aromatic N) is 3. The molecule has 0 radical (unpaired) electrons. The Hall–Kier alpha value is -0.920. The van der Waals surface area contributed by atoms with Crippen molar-refractivity contribution < 1.29 is 8.42 Å². The van der Waals surface area contributed by atoms with Crippen LogP contribution in [0.2, 0.25) is 0 Å². The van der Waals surface area contributed by atoms with Crippen molar-refractivity contribution >= 4 is 10.0 Å². The first-order valence-electron chi connectivity index (χ1n) is 6.49. The normalized spacial score (nSPS) is 12.3. The molecule has 0 spiro atoms. The zero-order valence-electron chi connectivity index (χ0n) is 12.4. The molecule has 7 heteroatoms. The molecule has 1 heterocycles. The minimum Gasteiger partial charge on any atom is -0.315 e. The lowest BCUT2D eigenvalue weighted by Gasteiger charge is -2.11. The van der Waals surface area contributed by atoms with Crippen molar-refractivity contribution in [3.8, 4) is 0 Å². The molecule has 1 aromatic heterocycles. The van der Waals surface area contributed by atoms with Crippen molar-refractivity contribution in [1.82, 2.24) is 19.4 Å². The van der Waals surface area contributed by atoms with E-state index < -0.39 is 10.0 Å². The molecule has 0 saturated carbocycles. The molecule has 110 valence electrons. The highest BCUT2D eigenvalue weighted by atomic mass is 32.2. The van der Waals surface area contributed by atoms with E-state index in [-0.39, 0.29) is 0 Å². The summed E-state index contributed by atoms with van der Waals surface area (Å²) in [6, 6.07) is 0. The molecular weight excluding hydrogens is 264 g/mol. The Bertz CT molecular complexity index is 520. The summed E-state index contributed by atoms with van der Waals surface area (Å²) in [7, 11) is -0.351. The molecule has 0 aromatic carbocycles. The van der Waals surface area contributed by atoms with Gasteiger partial charge in [0.25, 0.3) is 0 Å². The summed E-state index contributed by atoms with van der Waals surface area (Å²) in [5, 5.41) is 7.61. The van der Waals surface area contributed by atoms with Gasteiger partial charge in [-0.25, -0.2) is 12.7 Å². The Balaban J connectivity index is 2.95. The summed E-state index contributed by atoms with van der Waals surface area (Å²) >= 11 is 0. The smallest absolute Gasteiger partial charge is 0.246 e. The van der Waals surface area contributed by atoms with Crippen LogP contribution in [-0.4, -0.2) is 49.7 Å². The zero-order valence-corrected chi connectivity index (χ0v) is 13.2. The molecule has 1 aromatic rings. The minimum atomic E-state index is -3.42. The van der Waals surface area contributed by atoms with Crippen LogP contribution in [0, 0.1) is 13.8 Å². The van der Waals surface area contributed by atoms with Gasteiger partial charge in [-0.3, -0.25) is 4.68 Å². The van der Waals surface area contributed by atoms with Gasteiger partial charge in [0.05, 0.1) is 17.9 Å². The van der Waals surface area contributed by atoms with Crippen molar-refractivity contribution in [2.24, 2.45) is 0 Å². The summed E-state index contributed by atoms with van der Waals surface area (Å²) in [4.78, 5) is 0.327. The largest absolute Gasteiger partial charge is 0.315 e. The second-order valence-electron chi connectivity index (χ2n) is 4.76. The highest BCUT2D eigenvalue weighted by Crippen LogP contribution is 2.21. The van der Waals surface area contributed by atoms with Gasteiger partial charge in [0.15, 0.2) is 0 Å². The predicted octanol–water partition coefficient (Wildman–Crippen LogP) is 0.750. The van der Waals surface area contributed by atoms with E-state index in [0.29, 0.717) is 22.8 Å². The first kappa shape index (κ1) is 16.1. The molecule has 0 aliphatic rings. The zero-order chi connectivity index (χ0) is 14.6. The number of aryl methyl sites for hydroxylation is 1. The Morgan fingerprint density at radius 1 is 1.26 bits per heavy atom. The minimum absolute atomic E-state index is 0.327. The van der Waals surface area contributed by atoms with Gasteiger partial charge in [0.2, 0.25) is 10.0 Å². The lowest BCUT2D eigenvalue weighted by Crippen LogP contribution is -2.24. The molecule has 1 N–H and O–H groups in total. The lowest BCUT2D eigenvalue weighted by molar-refractivity contribution is 0.517. The molecule has 1 rings (SSSR count). The van der Waals surface area contributed by atoms with E-state index in [1.807, 2.05) is 0 Å². The maximum Gasteiger partial charge on any atom is 0.246 e. The number of hydrogen-bond donors (Lipinski definition) is 1. The van der Waals surface area contributed by atoms with E-state index >= 15 is 0 Å². The number of nitrogens with one attached hydrogen (secondary N) is 1. The third kappa shape index (κ3) is 3.55. The molecule has 0 aliphatic heterocycles. The fourth-order valence-corrected chi connectivity index (χ4v) is 3.20. The number of aromatic nitrogens is 2. The summed E-state index contributed by atoms with van der Waals surface area (Å²) < 4.78 is 27.4. The van der Waals surface area contributed by atoms with Gasteiger partial charge in [-0.15, -0.1) is 0 Å². The summed E-state index contributed by atoms with van der Waals surface area (Å²) in [6.07, 6.45) is 1.08. The molecule has 0 unspecified atom stereocenters. The average Bonchev–Trinajstić information content (AvgIpc) is 2.60. The Morgan fingerprint density at radius 2 is 1.89 bits per heavy atom. The first-order chi connectivity index (χ1) is 8.82. The topological polar surface area (TPSA) is 67.2 Å². The number of sulfonamides is 1. The van der Waals surface area contributed by atoms with Crippen LogP contribution >= 0.6 is 0 Å². The fraction of sp³-hybridized carbons (Fsp3) is 0.750. The van der Waals surface area contributed by atoms with Crippen molar-refractivity contribution in [3.63, 3.8) is 0 Å². The van der Waals surface area contributed by atoms with Gasteiger partial charge in [-0.2, -0.15) is 5.10 Å². The van der Waals surface area contributed by atoms with Crippen molar-refractivity contribution in [2.45, 2.75) is 38.6 Å². The second kappa shape index (κ2) is 6.49. The predicted molar refractivity (Wildman–Crippen MR) is 75.7 cm³/mol. The van der Waals surface area contributed by atoms with E-state index in [1.165, 1.54) is 18.4 Å². The van der Waals surface area contributed by atoms with Crippen LogP contribution in [0.15, 0.2) is 4.90 Å². The summed E-state index contributed by atoms with van der Waals surface area (Å²) in [6.45, 7) is 8.07. The van der Waals surface area contributed by atoms with Crippen LogP contribution in [0.25, 0.3) is 0 Å². The molecule has 0 bridgehead atoms. The average molecular weight is 288 g/mol. The molecule has 0 atom stereocenters. The van der Waals surface area contributed by atoms with E-state index in [9.17, 15) is 8.42 Å². The molecule has 0 amide bonds. The maximum absolute atomic E-state index is 12.2. The van der Waals surface area contributed by atoms with Gasteiger partial charge in [0, 0.05) is 20.6 Å². The molecule has 6 nitrogen and oxygen atoms in total. The van der Waals surface area contributed by atoms with Gasteiger partial charge >= 0.3 is 0 Å². The molecule has 0 aliphatic carbocycles. The van der Waals surface area contributed by atoms with Crippen LogP contribution in [0.1, 0.15) is 24.7 Å². The maximum atomic E-state index is 12.2. The van der Waals surface area contributed by atoms with Crippen LogP contribution in [0.4, 0.5) is 0 Å². The van der Waals surface area contributed by atoms with Gasteiger partial charge < -0.3 is 5.32 Å². The molecular formula is C12H24N4O2S. The van der Waals surface area contributed by atoms with Crippen LogP contribution < -0.4 is 5.32 Å². The van der Waals surface area contributed by atoms with E-state index in [1.54, 1.807) is 18.5 Å². The Labute approximate surface area is 115 Å². The lowest BCUT2D eigenvalue weighted by atomic mass is 10.4. The standard InChI is InChI=1S/C12H24N4O2S/c1-6-7-13-8-9-16-11(3)12(10(2)14-16)19(17,18)15(4)5/h13H,6-9H2,1-5H3.